The van der Waals surface area contributed by atoms with Crippen LogP contribution in [0.3, 0.4) is 0 Å². The van der Waals surface area contributed by atoms with Crippen LogP contribution in [0.5, 0.6) is 0 Å². The lowest BCUT2D eigenvalue weighted by atomic mass is 9.93. The van der Waals surface area contributed by atoms with Gasteiger partial charge in [-0.3, -0.25) is 14.3 Å². The standard InChI is InChI=1S/C29H35F3N8O3/c1-17(2)40-25-21(24(36-40)26(41)34-13-18-7-10-20(11-8-18)35-28(43)38(5)6)15-39(16-22(25)29(30,31)32)23-12-9-19(14-33-23)27(42)37(3)4/h7-12,14,17,22H,13,15-16H2,1-6H3,(H,34,41)(H,35,43)/t22-/m1/s1. The largest absolute Gasteiger partial charge is 0.398 e. The number of hydrogen-bond donors (Lipinski definition) is 2. The van der Waals surface area contributed by atoms with Crippen LogP contribution in [0.2, 0.25) is 0 Å². The number of hydrogen-bond acceptors (Lipinski definition) is 6. The molecule has 0 aliphatic carbocycles. The second-order valence-corrected chi connectivity index (χ2v) is 11.0. The molecule has 0 saturated heterocycles. The molecule has 0 saturated carbocycles. The molecular weight excluding hydrogens is 565 g/mol. The first-order chi connectivity index (χ1) is 20.2. The Hall–Kier alpha value is -4.62. The molecule has 2 N–H and O–H groups in total. The molecule has 1 atom stereocenters. The van der Waals surface area contributed by atoms with Crippen LogP contribution in [-0.4, -0.2) is 83.3 Å². The van der Waals surface area contributed by atoms with Crippen LogP contribution in [0.15, 0.2) is 42.6 Å². The lowest BCUT2D eigenvalue weighted by Crippen LogP contribution is -2.41. The quantitative estimate of drug-likeness (QED) is 0.419. The molecule has 11 nitrogen and oxygen atoms in total. The van der Waals surface area contributed by atoms with Crippen LogP contribution in [0, 0.1) is 0 Å². The summed E-state index contributed by atoms with van der Waals surface area (Å²) in [6.45, 7) is 3.09. The summed E-state index contributed by atoms with van der Waals surface area (Å²) in [5.41, 5.74) is 1.65. The van der Waals surface area contributed by atoms with E-state index in [4.69, 9.17) is 0 Å². The molecule has 2 aromatic heterocycles. The van der Waals surface area contributed by atoms with Crippen molar-refractivity contribution < 1.29 is 27.6 Å². The van der Waals surface area contributed by atoms with Crippen LogP contribution in [-0.2, 0) is 13.1 Å². The molecule has 1 aromatic carbocycles. The minimum Gasteiger partial charge on any atom is -0.351 e. The van der Waals surface area contributed by atoms with Crippen molar-refractivity contribution in [1.82, 2.24) is 29.9 Å². The van der Waals surface area contributed by atoms with Gasteiger partial charge in [-0.05, 0) is 43.7 Å². The number of carbonyl (C=O) groups excluding carboxylic acids is 3. The first kappa shape index (κ1) is 31.3. The number of fused-ring (bicyclic) bond motifs is 1. The van der Waals surface area contributed by atoms with Crippen molar-refractivity contribution in [2.45, 2.75) is 45.1 Å². The minimum atomic E-state index is -4.61. The van der Waals surface area contributed by atoms with Gasteiger partial charge in [0, 0.05) is 71.3 Å². The molecular formula is C29H35F3N8O3. The SMILES string of the molecule is CC(C)n1nc(C(=O)NCc2ccc(NC(=O)N(C)C)cc2)c2c1[C@H](C(F)(F)F)CN(c1ccc(C(=O)N(C)C)cn1)C2. The summed E-state index contributed by atoms with van der Waals surface area (Å²) in [4.78, 5) is 46.0. The van der Waals surface area contributed by atoms with Gasteiger partial charge in [0.25, 0.3) is 11.8 Å². The van der Waals surface area contributed by atoms with Gasteiger partial charge in [-0.15, -0.1) is 0 Å². The maximum Gasteiger partial charge on any atom is 0.398 e. The van der Waals surface area contributed by atoms with E-state index in [1.807, 2.05) is 0 Å². The highest BCUT2D eigenvalue weighted by Gasteiger charge is 2.49. The number of rotatable bonds is 7. The summed E-state index contributed by atoms with van der Waals surface area (Å²) >= 11 is 0. The third-order valence-electron chi connectivity index (χ3n) is 7.02. The molecule has 0 radical (unpaired) electrons. The third kappa shape index (κ3) is 6.89. The minimum absolute atomic E-state index is 0.0222. The number of halogens is 3. The smallest absolute Gasteiger partial charge is 0.351 e. The van der Waals surface area contributed by atoms with E-state index < -0.39 is 30.6 Å². The van der Waals surface area contributed by atoms with Gasteiger partial charge in [-0.25, -0.2) is 9.78 Å². The predicted octanol–water partition coefficient (Wildman–Crippen LogP) is 4.25. The monoisotopic (exact) mass is 600 g/mol. The van der Waals surface area contributed by atoms with Crippen LogP contribution in [0.4, 0.5) is 29.5 Å². The van der Waals surface area contributed by atoms with E-state index >= 15 is 0 Å². The van der Waals surface area contributed by atoms with Crippen LogP contribution >= 0.6 is 0 Å². The maximum absolute atomic E-state index is 14.5. The summed E-state index contributed by atoms with van der Waals surface area (Å²) in [6.07, 6.45) is -3.28. The Morgan fingerprint density at radius 3 is 2.23 bits per heavy atom. The van der Waals surface area contributed by atoms with E-state index in [9.17, 15) is 27.6 Å². The number of benzene rings is 1. The van der Waals surface area contributed by atoms with E-state index in [0.717, 1.165) is 5.56 Å². The number of pyridine rings is 1. The first-order valence-electron chi connectivity index (χ1n) is 13.6. The second-order valence-electron chi connectivity index (χ2n) is 11.0. The molecule has 1 aliphatic heterocycles. The molecule has 0 unspecified atom stereocenters. The van der Waals surface area contributed by atoms with Gasteiger partial charge in [0.15, 0.2) is 5.69 Å². The summed E-state index contributed by atoms with van der Waals surface area (Å²) < 4.78 is 44.7. The molecule has 4 amide bonds. The number of aromatic nitrogens is 3. The van der Waals surface area contributed by atoms with Gasteiger partial charge in [0.05, 0.1) is 11.3 Å². The lowest BCUT2D eigenvalue weighted by Gasteiger charge is -2.35. The highest BCUT2D eigenvalue weighted by Crippen LogP contribution is 2.43. The van der Waals surface area contributed by atoms with Crippen molar-refractivity contribution in [2.24, 2.45) is 0 Å². The topological polar surface area (TPSA) is 116 Å². The fourth-order valence-corrected chi connectivity index (χ4v) is 4.74. The normalized spacial score (nSPS) is 14.7. The number of nitrogens with one attached hydrogen (secondary N) is 2. The molecule has 0 spiro atoms. The number of anilines is 2. The Bertz CT molecular complexity index is 1480. The first-order valence-corrected chi connectivity index (χ1v) is 13.6. The fraction of sp³-hybridized carbons (Fsp3) is 0.414. The Morgan fingerprint density at radius 2 is 1.70 bits per heavy atom. The zero-order valence-corrected chi connectivity index (χ0v) is 24.9. The molecule has 43 heavy (non-hydrogen) atoms. The van der Waals surface area contributed by atoms with Crippen molar-refractivity contribution >= 4 is 29.4 Å². The van der Waals surface area contributed by atoms with E-state index in [1.165, 1.54) is 37.7 Å². The Morgan fingerprint density at radius 1 is 1.02 bits per heavy atom. The van der Waals surface area contributed by atoms with Gasteiger partial charge < -0.3 is 25.3 Å². The average molecular weight is 601 g/mol. The van der Waals surface area contributed by atoms with Crippen LogP contribution in [0.25, 0.3) is 0 Å². The van der Waals surface area contributed by atoms with Crippen molar-refractivity contribution in [3.05, 3.63) is 70.7 Å². The van der Waals surface area contributed by atoms with Crippen molar-refractivity contribution in [1.29, 1.82) is 0 Å². The summed E-state index contributed by atoms with van der Waals surface area (Å²) in [5, 5.41) is 9.86. The zero-order chi connectivity index (χ0) is 31.6. The average Bonchev–Trinajstić information content (AvgIpc) is 3.35. The molecule has 230 valence electrons. The van der Waals surface area contributed by atoms with Crippen molar-refractivity contribution in [2.75, 3.05) is 45.0 Å². The fourth-order valence-electron chi connectivity index (χ4n) is 4.74. The molecule has 3 heterocycles. The number of amides is 4. The van der Waals surface area contributed by atoms with Gasteiger partial charge in [0.1, 0.15) is 11.7 Å². The summed E-state index contributed by atoms with van der Waals surface area (Å²) in [6, 6.07) is 9.15. The molecule has 4 rings (SSSR count). The molecule has 0 bridgehead atoms. The van der Waals surface area contributed by atoms with E-state index in [2.05, 4.69) is 20.7 Å². The molecule has 3 aromatic rings. The number of nitrogens with zero attached hydrogens (tertiary/aromatic N) is 6. The van der Waals surface area contributed by atoms with Crippen LogP contribution in [0.1, 0.15) is 63.5 Å². The van der Waals surface area contributed by atoms with Gasteiger partial charge in [-0.1, -0.05) is 12.1 Å². The van der Waals surface area contributed by atoms with Crippen molar-refractivity contribution in [3.63, 3.8) is 0 Å². The summed E-state index contributed by atoms with van der Waals surface area (Å²) in [7, 11) is 6.43. The van der Waals surface area contributed by atoms with Crippen molar-refractivity contribution in [3.8, 4) is 0 Å². The Kier molecular flexibility index (Phi) is 8.97. The van der Waals surface area contributed by atoms with E-state index in [-0.39, 0.29) is 47.8 Å². The number of urea groups is 1. The number of alkyl halides is 3. The second kappa shape index (κ2) is 12.3. The van der Waals surface area contributed by atoms with E-state index in [1.54, 1.807) is 66.3 Å². The third-order valence-corrected chi connectivity index (χ3v) is 7.02. The molecule has 1 aliphatic rings. The number of carbonyl (C=O) groups is 3. The lowest BCUT2D eigenvalue weighted by molar-refractivity contribution is -0.151. The molecule has 0 fully saturated rings. The highest BCUT2D eigenvalue weighted by atomic mass is 19.4. The van der Waals surface area contributed by atoms with Gasteiger partial charge >= 0.3 is 12.2 Å². The van der Waals surface area contributed by atoms with Gasteiger partial charge in [0.2, 0.25) is 0 Å². The highest BCUT2D eigenvalue weighted by molar-refractivity contribution is 5.95. The Balaban J connectivity index is 1.61. The maximum atomic E-state index is 14.5. The van der Waals surface area contributed by atoms with E-state index in [0.29, 0.717) is 11.3 Å². The molecule has 14 heteroatoms. The van der Waals surface area contributed by atoms with Gasteiger partial charge in [-0.2, -0.15) is 18.3 Å². The summed E-state index contributed by atoms with van der Waals surface area (Å²) in [5.74, 6) is -2.55. The van der Waals surface area contributed by atoms with Crippen LogP contribution < -0.4 is 15.5 Å². The predicted molar refractivity (Wildman–Crippen MR) is 155 cm³/mol. The zero-order valence-electron chi connectivity index (χ0n) is 24.9. The Labute approximate surface area is 247 Å².